The van der Waals surface area contributed by atoms with E-state index in [-0.39, 0.29) is 0 Å². The van der Waals surface area contributed by atoms with E-state index in [2.05, 4.69) is 25.2 Å². The van der Waals surface area contributed by atoms with Gasteiger partial charge in [0.1, 0.15) is 5.75 Å². The van der Waals surface area contributed by atoms with Gasteiger partial charge < -0.3 is 15.8 Å². The summed E-state index contributed by atoms with van der Waals surface area (Å²) in [6.07, 6.45) is 1.04. The fraction of sp³-hybridized carbons (Fsp3) is 0.538. The van der Waals surface area contributed by atoms with Crippen LogP contribution in [0.1, 0.15) is 16.7 Å². The number of nitrogens with two attached hydrogens (primary N) is 1. The molecule has 0 saturated heterocycles. The molecule has 0 bridgehead atoms. The summed E-state index contributed by atoms with van der Waals surface area (Å²) in [4.78, 5) is 0. The Balaban J connectivity index is 2.64. The highest BCUT2D eigenvalue weighted by Gasteiger charge is 2.05. The molecule has 3 nitrogen and oxygen atoms in total. The van der Waals surface area contributed by atoms with Gasteiger partial charge in [0.2, 0.25) is 0 Å². The smallest absolute Gasteiger partial charge is 0.122 e. The van der Waals surface area contributed by atoms with E-state index in [1.54, 1.807) is 7.11 Å². The summed E-state index contributed by atoms with van der Waals surface area (Å²) in [5.74, 6) is 0.969. The molecule has 90 valence electrons. The van der Waals surface area contributed by atoms with Gasteiger partial charge in [0.25, 0.3) is 0 Å². The van der Waals surface area contributed by atoms with Crippen molar-refractivity contribution in [2.24, 2.45) is 5.73 Å². The van der Waals surface area contributed by atoms with Crippen LogP contribution < -0.4 is 15.8 Å². The van der Waals surface area contributed by atoms with E-state index >= 15 is 0 Å². The van der Waals surface area contributed by atoms with Gasteiger partial charge in [0.15, 0.2) is 0 Å². The lowest BCUT2D eigenvalue weighted by Gasteiger charge is -2.12. The van der Waals surface area contributed by atoms with Crippen LogP contribution in [0.4, 0.5) is 0 Å². The van der Waals surface area contributed by atoms with Gasteiger partial charge in [0.05, 0.1) is 7.11 Å². The van der Waals surface area contributed by atoms with Crippen molar-refractivity contribution in [3.8, 4) is 5.75 Å². The average Bonchev–Trinajstić information content (AvgIpc) is 2.30. The number of rotatable bonds is 6. The predicted molar refractivity (Wildman–Crippen MR) is 68.1 cm³/mol. The lowest BCUT2D eigenvalue weighted by molar-refractivity contribution is 0.411. The van der Waals surface area contributed by atoms with Crippen LogP contribution in [0.2, 0.25) is 0 Å². The number of benzene rings is 1. The molecule has 0 radical (unpaired) electrons. The van der Waals surface area contributed by atoms with E-state index in [1.165, 1.54) is 16.7 Å². The van der Waals surface area contributed by atoms with Crippen LogP contribution in [0, 0.1) is 13.8 Å². The third-order valence-electron chi connectivity index (χ3n) is 2.96. The number of methoxy groups -OCH3 is 1. The summed E-state index contributed by atoms with van der Waals surface area (Å²) >= 11 is 0. The summed E-state index contributed by atoms with van der Waals surface area (Å²) in [6.45, 7) is 6.81. The van der Waals surface area contributed by atoms with E-state index in [9.17, 15) is 0 Å². The lowest BCUT2D eigenvalue weighted by Crippen LogP contribution is -2.24. The van der Waals surface area contributed by atoms with Crippen molar-refractivity contribution in [2.45, 2.75) is 20.3 Å². The Bertz CT molecular complexity index is 337. The average molecular weight is 222 g/mol. The molecule has 1 rings (SSSR count). The Morgan fingerprint density at radius 3 is 2.56 bits per heavy atom. The third-order valence-corrected chi connectivity index (χ3v) is 2.96. The number of hydrogen-bond acceptors (Lipinski definition) is 3. The monoisotopic (exact) mass is 222 g/mol. The van der Waals surface area contributed by atoms with Gasteiger partial charge in [-0.3, -0.25) is 0 Å². The Kier molecular flexibility index (Phi) is 5.29. The third kappa shape index (κ3) is 3.22. The maximum absolute atomic E-state index is 5.42. The zero-order valence-electron chi connectivity index (χ0n) is 10.5. The van der Waals surface area contributed by atoms with E-state index in [1.807, 2.05) is 6.07 Å². The second kappa shape index (κ2) is 6.51. The van der Waals surface area contributed by atoms with Crippen LogP contribution in [0.25, 0.3) is 0 Å². The van der Waals surface area contributed by atoms with E-state index in [4.69, 9.17) is 10.5 Å². The van der Waals surface area contributed by atoms with Crippen molar-refractivity contribution in [2.75, 3.05) is 26.7 Å². The van der Waals surface area contributed by atoms with Crippen molar-refractivity contribution in [1.82, 2.24) is 5.32 Å². The van der Waals surface area contributed by atoms with E-state index in [0.29, 0.717) is 6.54 Å². The SMILES string of the molecule is COc1ccc(CCNCCN)c(C)c1C. The van der Waals surface area contributed by atoms with Gasteiger partial charge in [-0.1, -0.05) is 6.07 Å². The van der Waals surface area contributed by atoms with Gasteiger partial charge >= 0.3 is 0 Å². The first kappa shape index (κ1) is 13.0. The molecule has 0 unspecified atom stereocenters. The van der Waals surface area contributed by atoms with Crippen LogP contribution in [0.15, 0.2) is 12.1 Å². The molecule has 3 N–H and O–H groups in total. The molecule has 0 fully saturated rings. The highest BCUT2D eigenvalue weighted by Crippen LogP contribution is 2.23. The molecule has 3 heteroatoms. The van der Waals surface area contributed by atoms with Crippen LogP contribution in [0.5, 0.6) is 5.75 Å². The van der Waals surface area contributed by atoms with Gasteiger partial charge in [-0.25, -0.2) is 0 Å². The minimum absolute atomic E-state index is 0.695. The zero-order chi connectivity index (χ0) is 12.0. The van der Waals surface area contributed by atoms with Crippen LogP contribution in [0.3, 0.4) is 0 Å². The fourth-order valence-corrected chi connectivity index (χ4v) is 1.79. The first-order chi connectivity index (χ1) is 7.70. The molecule has 0 aliphatic carbocycles. The van der Waals surface area contributed by atoms with Crippen molar-refractivity contribution in [3.05, 3.63) is 28.8 Å². The van der Waals surface area contributed by atoms with E-state index in [0.717, 1.165) is 25.3 Å². The van der Waals surface area contributed by atoms with Gasteiger partial charge in [-0.05, 0) is 49.6 Å². The molecule has 1 aromatic carbocycles. The molecule has 0 amide bonds. The Morgan fingerprint density at radius 1 is 1.19 bits per heavy atom. The minimum Gasteiger partial charge on any atom is -0.496 e. The summed E-state index contributed by atoms with van der Waals surface area (Å²) in [6, 6.07) is 4.19. The molecule has 0 aliphatic rings. The molecule has 0 atom stereocenters. The van der Waals surface area contributed by atoms with Crippen molar-refractivity contribution in [3.63, 3.8) is 0 Å². The Labute approximate surface area is 98.0 Å². The molecule has 0 spiro atoms. The van der Waals surface area contributed by atoms with Crippen molar-refractivity contribution in [1.29, 1.82) is 0 Å². The Morgan fingerprint density at radius 2 is 1.94 bits per heavy atom. The number of ether oxygens (including phenoxy) is 1. The molecule has 1 aromatic rings. The van der Waals surface area contributed by atoms with Crippen LogP contribution in [-0.2, 0) is 6.42 Å². The topological polar surface area (TPSA) is 47.3 Å². The molecule has 0 heterocycles. The summed E-state index contributed by atoms with van der Waals surface area (Å²) in [7, 11) is 1.71. The highest BCUT2D eigenvalue weighted by atomic mass is 16.5. The van der Waals surface area contributed by atoms with Crippen LogP contribution >= 0.6 is 0 Å². The second-order valence-corrected chi connectivity index (χ2v) is 3.97. The lowest BCUT2D eigenvalue weighted by atomic mass is 10.00. The molecule has 0 aromatic heterocycles. The quantitative estimate of drug-likeness (QED) is 0.715. The van der Waals surface area contributed by atoms with Crippen LogP contribution in [-0.4, -0.2) is 26.7 Å². The van der Waals surface area contributed by atoms with Crippen molar-refractivity contribution < 1.29 is 4.74 Å². The largest absolute Gasteiger partial charge is 0.496 e. The maximum Gasteiger partial charge on any atom is 0.122 e. The number of hydrogen-bond donors (Lipinski definition) is 2. The minimum atomic E-state index is 0.695. The molecular formula is C13H22N2O. The zero-order valence-corrected chi connectivity index (χ0v) is 10.5. The maximum atomic E-state index is 5.42. The van der Waals surface area contributed by atoms with Crippen molar-refractivity contribution >= 4 is 0 Å². The Hall–Kier alpha value is -1.06. The van der Waals surface area contributed by atoms with Gasteiger partial charge in [0, 0.05) is 13.1 Å². The standard InChI is InChI=1S/C13H22N2O/c1-10-11(2)13(16-3)5-4-12(10)6-8-15-9-7-14/h4-5,15H,6-9,14H2,1-3H3. The molecule has 16 heavy (non-hydrogen) atoms. The summed E-state index contributed by atoms with van der Waals surface area (Å²) in [5, 5.41) is 3.30. The first-order valence-corrected chi connectivity index (χ1v) is 5.74. The summed E-state index contributed by atoms with van der Waals surface area (Å²) in [5.41, 5.74) is 9.36. The fourth-order valence-electron chi connectivity index (χ4n) is 1.79. The van der Waals surface area contributed by atoms with Gasteiger partial charge in [-0.15, -0.1) is 0 Å². The van der Waals surface area contributed by atoms with E-state index < -0.39 is 0 Å². The summed E-state index contributed by atoms with van der Waals surface area (Å²) < 4.78 is 5.29. The molecule has 0 aliphatic heterocycles. The normalized spacial score (nSPS) is 10.5. The molecular weight excluding hydrogens is 200 g/mol. The first-order valence-electron chi connectivity index (χ1n) is 5.74. The number of nitrogens with one attached hydrogen (secondary N) is 1. The molecule has 0 saturated carbocycles. The second-order valence-electron chi connectivity index (χ2n) is 3.97. The predicted octanol–water partition coefficient (Wildman–Crippen LogP) is 1.40. The highest BCUT2D eigenvalue weighted by molar-refractivity contribution is 5.43. The van der Waals surface area contributed by atoms with Gasteiger partial charge in [-0.2, -0.15) is 0 Å².